The molecule has 5 nitrogen and oxygen atoms in total. The van der Waals surface area contributed by atoms with Crippen LogP contribution >= 0.6 is 11.6 Å². The van der Waals surface area contributed by atoms with E-state index in [1.807, 2.05) is 0 Å². The Balaban J connectivity index is 2.36. The van der Waals surface area contributed by atoms with E-state index >= 15 is 0 Å². The molecule has 0 aliphatic heterocycles. The molecule has 1 atom stereocenters. The number of rotatable bonds is 8. The van der Waals surface area contributed by atoms with Crippen LogP contribution in [0.4, 0.5) is 17.6 Å². The summed E-state index contributed by atoms with van der Waals surface area (Å²) in [6, 6.07) is 6.07. The molecule has 0 bridgehead atoms. The smallest absolute Gasteiger partial charge is 0.384 e. The van der Waals surface area contributed by atoms with E-state index in [9.17, 15) is 22.7 Å². The number of alkyl halides is 4. The van der Waals surface area contributed by atoms with Crippen LogP contribution in [0.5, 0.6) is 0 Å². The minimum absolute atomic E-state index is 0.158. The zero-order valence-corrected chi connectivity index (χ0v) is 14.8. The molecule has 2 aromatic rings. The second-order valence-corrected chi connectivity index (χ2v) is 6.93. The lowest BCUT2D eigenvalue weighted by Crippen LogP contribution is -2.48. The third-order valence-corrected chi connectivity index (χ3v) is 4.45. The van der Waals surface area contributed by atoms with Crippen LogP contribution in [0.15, 0.2) is 30.6 Å². The molecule has 2 N–H and O–H groups in total. The monoisotopic (exact) mass is 395 g/mol. The molecule has 144 valence electrons. The number of H-pyrrole nitrogens is 1. The third kappa shape index (κ3) is 4.33. The number of nitrogens with zero attached hydrogens (tertiary/aromatic N) is 2. The Labute approximate surface area is 152 Å². The van der Waals surface area contributed by atoms with E-state index in [2.05, 4.69) is 19.9 Å². The largest absolute Gasteiger partial charge is 0.416 e. The summed E-state index contributed by atoms with van der Waals surface area (Å²) in [5.41, 5.74) is -2.86. The Kier molecular flexibility index (Phi) is 5.94. The highest BCUT2D eigenvalue weighted by Gasteiger charge is 2.50. The van der Waals surface area contributed by atoms with E-state index in [0.29, 0.717) is 10.6 Å². The topological polar surface area (TPSA) is 71.0 Å². The van der Waals surface area contributed by atoms with Gasteiger partial charge in [0.25, 0.3) is 0 Å². The molecular weight excluding hydrogens is 378 g/mol. The molecule has 2 rings (SSSR count). The summed E-state index contributed by atoms with van der Waals surface area (Å²) in [6.07, 6.45) is -7.46. The van der Waals surface area contributed by atoms with Crippen molar-refractivity contribution in [3.63, 3.8) is 0 Å². The molecule has 0 aliphatic carbocycles. The van der Waals surface area contributed by atoms with Crippen molar-refractivity contribution in [1.29, 1.82) is 0 Å². The minimum atomic E-state index is -4.62. The van der Waals surface area contributed by atoms with Crippen molar-refractivity contribution in [3.8, 4) is 0 Å². The van der Waals surface area contributed by atoms with Crippen molar-refractivity contribution in [2.24, 2.45) is 5.41 Å². The van der Waals surface area contributed by atoms with Crippen molar-refractivity contribution < 1.29 is 27.4 Å². The van der Waals surface area contributed by atoms with Crippen LogP contribution in [0.3, 0.4) is 0 Å². The molecule has 1 unspecified atom stereocenters. The van der Waals surface area contributed by atoms with Gasteiger partial charge in [-0.25, -0.2) is 13.8 Å². The maximum Gasteiger partial charge on any atom is 0.416 e. The average Bonchev–Trinajstić information content (AvgIpc) is 3.06. The Morgan fingerprint density at radius 1 is 1.23 bits per heavy atom. The van der Waals surface area contributed by atoms with Crippen molar-refractivity contribution in [3.05, 3.63) is 47.0 Å². The van der Waals surface area contributed by atoms with Gasteiger partial charge in [-0.2, -0.15) is 13.9 Å². The van der Waals surface area contributed by atoms with Gasteiger partial charge in [-0.1, -0.05) is 37.6 Å². The van der Waals surface area contributed by atoms with Crippen molar-refractivity contribution >= 4 is 11.6 Å². The Morgan fingerprint density at radius 3 is 2.35 bits per heavy atom. The number of aromatic amines is 1. The maximum atomic E-state index is 13.2. The van der Waals surface area contributed by atoms with Gasteiger partial charge >= 0.3 is 12.5 Å². The summed E-state index contributed by atoms with van der Waals surface area (Å²) in [5.74, 6) is 0.219. The van der Waals surface area contributed by atoms with Gasteiger partial charge in [0.05, 0.1) is 6.61 Å². The van der Waals surface area contributed by atoms with Gasteiger partial charge in [-0.3, -0.25) is 5.10 Å². The fourth-order valence-electron chi connectivity index (χ4n) is 2.47. The number of benzene rings is 1. The molecule has 10 heteroatoms. The predicted molar refractivity (Wildman–Crippen MR) is 86.1 cm³/mol. The summed E-state index contributed by atoms with van der Waals surface area (Å²) in [5, 5.41) is 18.1. The van der Waals surface area contributed by atoms with Crippen LogP contribution < -0.4 is 0 Å². The standard InChI is InChI=1S/C16H18ClF4N3O2/c1-14(2,8-26-16(20,21)13(18)19)15(25,7-12-22-9-23-24-12)10-3-5-11(17)6-4-10/h3-6,9,13,25H,7-8H2,1-2H3,(H,22,23,24). The van der Waals surface area contributed by atoms with Gasteiger partial charge in [0.2, 0.25) is 0 Å². The number of hydrogen-bond acceptors (Lipinski definition) is 4. The summed E-state index contributed by atoms with van der Waals surface area (Å²) in [7, 11) is 0. The lowest BCUT2D eigenvalue weighted by molar-refractivity contribution is -0.315. The maximum absolute atomic E-state index is 13.2. The van der Waals surface area contributed by atoms with E-state index in [-0.39, 0.29) is 12.2 Å². The molecular formula is C16H18ClF4N3O2. The van der Waals surface area contributed by atoms with Gasteiger partial charge < -0.3 is 9.84 Å². The van der Waals surface area contributed by atoms with E-state index in [1.165, 1.54) is 44.4 Å². The van der Waals surface area contributed by atoms with Crippen molar-refractivity contribution in [2.75, 3.05) is 6.61 Å². The first-order valence-corrected chi connectivity index (χ1v) is 7.99. The Morgan fingerprint density at radius 2 is 1.85 bits per heavy atom. The highest BCUT2D eigenvalue weighted by molar-refractivity contribution is 6.30. The average molecular weight is 396 g/mol. The summed E-state index contributed by atoms with van der Waals surface area (Å²) in [4.78, 5) is 3.93. The number of nitrogens with one attached hydrogen (secondary N) is 1. The number of aliphatic hydroxyl groups is 1. The third-order valence-electron chi connectivity index (χ3n) is 4.20. The predicted octanol–water partition coefficient (Wildman–Crippen LogP) is 3.79. The first-order chi connectivity index (χ1) is 12.0. The summed E-state index contributed by atoms with van der Waals surface area (Å²) < 4.78 is 55.3. The quantitative estimate of drug-likeness (QED) is 0.667. The fourth-order valence-corrected chi connectivity index (χ4v) is 2.59. The van der Waals surface area contributed by atoms with Crippen LogP contribution in [0.1, 0.15) is 25.2 Å². The first kappa shape index (κ1) is 20.6. The molecule has 0 saturated heterocycles. The molecule has 0 amide bonds. The molecule has 0 saturated carbocycles. The van der Waals surface area contributed by atoms with E-state index < -0.39 is 30.2 Å². The Hall–Kier alpha value is -1.71. The highest BCUT2D eigenvalue weighted by Crippen LogP contribution is 2.43. The molecule has 1 aromatic carbocycles. The zero-order valence-electron chi connectivity index (χ0n) is 14.0. The van der Waals surface area contributed by atoms with Crippen molar-refractivity contribution in [1.82, 2.24) is 15.2 Å². The van der Waals surface area contributed by atoms with E-state index in [1.54, 1.807) is 0 Å². The van der Waals surface area contributed by atoms with Gasteiger partial charge in [0, 0.05) is 16.9 Å². The van der Waals surface area contributed by atoms with Crippen LogP contribution in [0.25, 0.3) is 0 Å². The molecule has 0 fully saturated rings. The molecule has 0 radical (unpaired) electrons. The lowest BCUT2D eigenvalue weighted by Gasteiger charge is -2.43. The summed E-state index contributed by atoms with van der Waals surface area (Å²) >= 11 is 5.86. The first-order valence-electron chi connectivity index (χ1n) is 7.61. The van der Waals surface area contributed by atoms with E-state index in [0.717, 1.165) is 0 Å². The molecule has 0 aliphatic rings. The normalized spacial score (nSPS) is 15.3. The van der Waals surface area contributed by atoms with Gasteiger partial charge in [0.15, 0.2) is 5.82 Å². The van der Waals surface area contributed by atoms with Crippen LogP contribution in [-0.4, -0.2) is 39.4 Å². The van der Waals surface area contributed by atoms with Crippen LogP contribution in [-0.2, 0) is 16.8 Å². The second-order valence-electron chi connectivity index (χ2n) is 6.49. The fraction of sp³-hybridized carbons (Fsp3) is 0.500. The summed E-state index contributed by atoms with van der Waals surface area (Å²) in [6.45, 7) is 2.01. The number of ether oxygens (including phenoxy) is 1. The SMILES string of the molecule is CC(C)(COC(F)(F)C(F)F)C(O)(Cc1nc[nH]n1)c1ccc(Cl)cc1. The van der Waals surface area contributed by atoms with Crippen molar-refractivity contribution in [2.45, 2.75) is 38.4 Å². The lowest BCUT2D eigenvalue weighted by atomic mass is 9.69. The molecule has 1 heterocycles. The van der Waals surface area contributed by atoms with Crippen LogP contribution in [0.2, 0.25) is 5.02 Å². The molecule has 1 aromatic heterocycles. The zero-order chi connectivity index (χ0) is 19.6. The van der Waals surface area contributed by atoms with Gasteiger partial charge in [-0.05, 0) is 17.7 Å². The molecule has 26 heavy (non-hydrogen) atoms. The minimum Gasteiger partial charge on any atom is -0.384 e. The van der Waals surface area contributed by atoms with Gasteiger partial charge in [-0.15, -0.1) is 0 Å². The molecule has 0 spiro atoms. The van der Waals surface area contributed by atoms with Crippen LogP contribution in [0, 0.1) is 5.41 Å². The number of aromatic nitrogens is 3. The number of hydrogen-bond donors (Lipinski definition) is 2. The second kappa shape index (κ2) is 7.50. The van der Waals surface area contributed by atoms with E-state index in [4.69, 9.17) is 11.6 Å². The number of halogens is 5. The Bertz CT molecular complexity index is 711. The highest BCUT2D eigenvalue weighted by atomic mass is 35.5. The van der Waals surface area contributed by atoms with Gasteiger partial charge in [0.1, 0.15) is 11.9 Å².